The van der Waals surface area contributed by atoms with Crippen molar-refractivity contribution < 1.29 is 19.1 Å². The fourth-order valence-corrected chi connectivity index (χ4v) is 4.11. The predicted octanol–water partition coefficient (Wildman–Crippen LogP) is 1.64. The maximum atomic E-state index is 12.6. The first-order valence-electron chi connectivity index (χ1n) is 7.26. The number of methoxy groups -OCH3 is 1. The van der Waals surface area contributed by atoms with Gasteiger partial charge in [-0.25, -0.2) is 0 Å². The molecule has 0 spiro atoms. The van der Waals surface area contributed by atoms with Gasteiger partial charge in [0.05, 0.1) is 31.1 Å². The molecule has 1 saturated heterocycles. The molecule has 2 aliphatic rings. The third-order valence-corrected chi connectivity index (χ3v) is 5.23. The van der Waals surface area contributed by atoms with E-state index in [0.29, 0.717) is 19.7 Å². The highest BCUT2D eigenvalue weighted by atomic mass is 32.1. The molecule has 114 valence electrons. The quantitative estimate of drug-likeness (QED) is 0.797. The Bertz CT molecular complexity index is 532. The molecule has 1 amide bonds. The normalized spacial score (nSPS) is 21.2. The van der Waals surface area contributed by atoms with Crippen LogP contribution in [0.4, 0.5) is 0 Å². The number of fused-ring (bicyclic) bond motifs is 1. The van der Waals surface area contributed by atoms with E-state index in [1.54, 1.807) is 16.2 Å². The van der Waals surface area contributed by atoms with E-state index < -0.39 is 0 Å². The van der Waals surface area contributed by atoms with Crippen LogP contribution in [0.3, 0.4) is 0 Å². The minimum absolute atomic E-state index is 0.0626. The molecule has 0 N–H and O–H groups in total. The molecule has 5 nitrogen and oxygen atoms in total. The summed E-state index contributed by atoms with van der Waals surface area (Å²) in [7, 11) is 1.36. The van der Waals surface area contributed by atoms with Crippen LogP contribution in [0, 0.1) is 0 Å². The van der Waals surface area contributed by atoms with Crippen molar-refractivity contribution in [3.05, 3.63) is 21.4 Å². The maximum absolute atomic E-state index is 12.6. The molecule has 1 aromatic heterocycles. The summed E-state index contributed by atoms with van der Waals surface area (Å²) in [5, 5.41) is 0. The van der Waals surface area contributed by atoms with Crippen molar-refractivity contribution in [1.82, 2.24) is 4.90 Å². The summed E-state index contributed by atoms with van der Waals surface area (Å²) in [6, 6.07) is 2.04. The summed E-state index contributed by atoms with van der Waals surface area (Å²) in [5.74, 6) is -0.239. The molecule has 21 heavy (non-hydrogen) atoms. The smallest absolute Gasteiger partial charge is 0.308 e. The summed E-state index contributed by atoms with van der Waals surface area (Å²) >= 11 is 1.62. The molecule has 2 heterocycles. The van der Waals surface area contributed by atoms with Crippen molar-refractivity contribution >= 4 is 23.2 Å². The van der Waals surface area contributed by atoms with Gasteiger partial charge >= 0.3 is 5.97 Å². The van der Waals surface area contributed by atoms with Crippen LogP contribution in [-0.4, -0.2) is 49.7 Å². The first kappa shape index (κ1) is 14.5. The molecular formula is C15H19NO4S. The van der Waals surface area contributed by atoms with Crippen molar-refractivity contribution in [2.45, 2.75) is 31.8 Å². The minimum Gasteiger partial charge on any atom is -0.469 e. The van der Waals surface area contributed by atoms with Gasteiger partial charge in [-0.2, -0.15) is 0 Å². The molecule has 3 rings (SSSR count). The van der Waals surface area contributed by atoms with Crippen LogP contribution in [0.25, 0.3) is 0 Å². The van der Waals surface area contributed by atoms with Gasteiger partial charge in [0.2, 0.25) is 0 Å². The molecule has 1 aromatic rings. The Morgan fingerprint density at radius 3 is 3.10 bits per heavy atom. The Balaban J connectivity index is 1.65. The number of rotatable bonds is 3. The number of carbonyl (C=O) groups excluding carboxylic acids is 2. The summed E-state index contributed by atoms with van der Waals surface area (Å²) in [6.45, 7) is 1.51. The predicted molar refractivity (Wildman–Crippen MR) is 78.6 cm³/mol. The lowest BCUT2D eigenvalue weighted by atomic mass is 10.2. The number of carbonyl (C=O) groups is 2. The second kappa shape index (κ2) is 6.15. The van der Waals surface area contributed by atoms with E-state index in [0.717, 1.165) is 17.7 Å². The summed E-state index contributed by atoms with van der Waals surface area (Å²) in [5.41, 5.74) is 1.34. The Morgan fingerprint density at radius 1 is 1.48 bits per heavy atom. The van der Waals surface area contributed by atoms with Gasteiger partial charge in [-0.05, 0) is 30.9 Å². The number of nitrogens with zero attached hydrogens (tertiary/aromatic N) is 1. The third-order valence-electron chi connectivity index (χ3n) is 4.01. The first-order valence-corrected chi connectivity index (χ1v) is 8.08. The Labute approximate surface area is 127 Å². The number of amides is 1. The van der Waals surface area contributed by atoms with Gasteiger partial charge < -0.3 is 14.4 Å². The highest BCUT2D eigenvalue weighted by Crippen LogP contribution is 2.31. The average Bonchev–Trinajstić information content (AvgIpc) is 3.08. The van der Waals surface area contributed by atoms with Gasteiger partial charge in [0.1, 0.15) is 0 Å². The third kappa shape index (κ3) is 3.11. The molecule has 1 aliphatic carbocycles. The fourth-order valence-electron chi connectivity index (χ4n) is 2.89. The van der Waals surface area contributed by atoms with Crippen molar-refractivity contribution in [3.63, 3.8) is 0 Å². The van der Waals surface area contributed by atoms with E-state index in [1.165, 1.54) is 24.0 Å². The SMILES string of the molecule is COC(=O)CC1CN(C(=O)c2cc3c(s2)CCC3)CCO1. The summed E-state index contributed by atoms with van der Waals surface area (Å²) in [4.78, 5) is 27.9. The van der Waals surface area contributed by atoms with E-state index >= 15 is 0 Å². The van der Waals surface area contributed by atoms with Gasteiger partial charge in [0.25, 0.3) is 5.91 Å². The summed E-state index contributed by atoms with van der Waals surface area (Å²) in [6.07, 6.45) is 3.33. The first-order chi connectivity index (χ1) is 10.2. The molecule has 1 atom stereocenters. The highest BCUT2D eigenvalue weighted by molar-refractivity contribution is 7.14. The monoisotopic (exact) mass is 309 g/mol. The lowest BCUT2D eigenvalue weighted by molar-refractivity contribution is -0.145. The molecule has 0 aromatic carbocycles. The standard InChI is InChI=1S/C15H19NO4S/c1-19-14(17)8-11-9-16(5-6-20-11)15(18)13-7-10-3-2-4-12(10)21-13/h7,11H,2-6,8-9H2,1H3. The molecule has 1 unspecified atom stereocenters. The largest absolute Gasteiger partial charge is 0.469 e. The van der Waals surface area contributed by atoms with Crippen molar-refractivity contribution in [3.8, 4) is 0 Å². The minimum atomic E-state index is -0.301. The van der Waals surface area contributed by atoms with Crippen molar-refractivity contribution in [1.29, 1.82) is 0 Å². The van der Waals surface area contributed by atoms with Crippen LogP contribution in [-0.2, 0) is 27.1 Å². The van der Waals surface area contributed by atoms with Crippen LogP contribution in [0.2, 0.25) is 0 Å². The number of hydrogen-bond donors (Lipinski definition) is 0. The number of hydrogen-bond acceptors (Lipinski definition) is 5. The van der Waals surface area contributed by atoms with Crippen LogP contribution in [0.5, 0.6) is 0 Å². The van der Waals surface area contributed by atoms with E-state index in [-0.39, 0.29) is 24.4 Å². The van der Waals surface area contributed by atoms with Gasteiger partial charge in [0, 0.05) is 18.0 Å². The summed E-state index contributed by atoms with van der Waals surface area (Å²) < 4.78 is 10.2. The van der Waals surface area contributed by atoms with Crippen LogP contribution in [0.15, 0.2) is 6.07 Å². The molecule has 6 heteroatoms. The van der Waals surface area contributed by atoms with E-state index in [9.17, 15) is 9.59 Å². The van der Waals surface area contributed by atoms with Gasteiger partial charge in [-0.1, -0.05) is 0 Å². The number of ether oxygens (including phenoxy) is 2. The zero-order chi connectivity index (χ0) is 14.8. The number of morpholine rings is 1. The second-order valence-electron chi connectivity index (χ2n) is 5.44. The van der Waals surface area contributed by atoms with Crippen LogP contribution < -0.4 is 0 Å². The number of thiophene rings is 1. The molecule has 0 saturated carbocycles. The maximum Gasteiger partial charge on any atom is 0.308 e. The van der Waals surface area contributed by atoms with Gasteiger partial charge in [-0.15, -0.1) is 11.3 Å². The Morgan fingerprint density at radius 2 is 2.33 bits per heavy atom. The lowest BCUT2D eigenvalue weighted by Gasteiger charge is -2.32. The Kier molecular flexibility index (Phi) is 4.26. The second-order valence-corrected chi connectivity index (χ2v) is 6.57. The van der Waals surface area contributed by atoms with E-state index in [4.69, 9.17) is 4.74 Å². The van der Waals surface area contributed by atoms with E-state index in [1.807, 2.05) is 6.07 Å². The molecular weight excluding hydrogens is 290 g/mol. The fraction of sp³-hybridized carbons (Fsp3) is 0.600. The lowest BCUT2D eigenvalue weighted by Crippen LogP contribution is -2.46. The number of aryl methyl sites for hydroxylation is 2. The average molecular weight is 309 g/mol. The van der Waals surface area contributed by atoms with Gasteiger partial charge in [-0.3, -0.25) is 9.59 Å². The molecule has 0 radical (unpaired) electrons. The topological polar surface area (TPSA) is 55.8 Å². The van der Waals surface area contributed by atoms with Crippen molar-refractivity contribution in [2.75, 3.05) is 26.8 Å². The Hall–Kier alpha value is -1.40. The van der Waals surface area contributed by atoms with Crippen molar-refractivity contribution in [2.24, 2.45) is 0 Å². The van der Waals surface area contributed by atoms with E-state index in [2.05, 4.69) is 4.74 Å². The molecule has 1 aliphatic heterocycles. The molecule has 1 fully saturated rings. The zero-order valence-corrected chi connectivity index (χ0v) is 12.9. The highest BCUT2D eigenvalue weighted by Gasteiger charge is 2.28. The van der Waals surface area contributed by atoms with Crippen LogP contribution in [0.1, 0.15) is 33.0 Å². The van der Waals surface area contributed by atoms with Gasteiger partial charge in [0.15, 0.2) is 0 Å². The zero-order valence-electron chi connectivity index (χ0n) is 12.1. The van der Waals surface area contributed by atoms with Crippen LogP contribution >= 0.6 is 11.3 Å². The number of esters is 1. The molecule has 0 bridgehead atoms.